The van der Waals surface area contributed by atoms with Crippen LogP contribution in [0, 0.1) is 0 Å². The van der Waals surface area contributed by atoms with E-state index in [0.29, 0.717) is 0 Å². The molecule has 0 saturated heterocycles. The molecule has 0 unspecified atom stereocenters. The average molecular weight is 617 g/mol. The molecule has 0 amide bonds. The molecule has 9 aromatic carbocycles. The molecular weight excluding hydrogens is 589 g/mol. The van der Waals surface area contributed by atoms with Gasteiger partial charge in [0.05, 0.1) is 5.41 Å². The Balaban J connectivity index is 1.21. The molecule has 0 heteroatoms. The summed E-state index contributed by atoms with van der Waals surface area (Å²) in [6.07, 6.45) is 0. The van der Waals surface area contributed by atoms with Crippen LogP contribution in [0.5, 0.6) is 0 Å². The minimum Gasteiger partial charge on any atom is -0.0619 e. The molecule has 0 fully saturated rings. The molecule has 0 atom stereocenters. The van der Waals surface area contributed by atoms with Gasteiger partial charge >= 0.3 is 0 Å². The Morgan fingerprint density at radius 2 is 0.837 bits per heavy atom. The first-order valence-corrected chi connectivity index (χ1v) is 17.3. The van der Waals surface area contributed by atoms with E-state index in [-0.39, 0.29) is 5.41 Å². The standard InChI is InChI=1S/C49H28/c1-2-12-32-29(11-1)23-24-30-25-26-31(27-40(30)32)33-16-9-17-36-37-18-10-19-39-47(37)41(46(33)36)28-45-48(39)38-15-5-8-22-44(38)49(45)42-20-6-3-13-34(42)35-14-4-7-21-43(35)49/h1-28H. The van der Waals surface area contributed by atoms with Crippen LogP contribution in [0.3, 0.4) is 0 Å². The van der Waals surface area contributed by atoms with Gasteiger partial charge in [0, 0.05) is 0 Å². The summed E-state index contributed by atoms with van der Waals surface area (Å²) < 4.78 is 0. The first-order valence-electron chi connectivity index (χ1n) is 17.3. The third kappa shape index (κ3) is 3.02. The third-order valence-corrected chi connectivity index (χ3v) is 11.8. The quantitative estimate of drug-likeness (QED) is 0.161. The minimum atomic E-state index is -0.376. The van der Waals surface area contributed by atoms with E-state index in [4.69, 9.17) is 0 Å². The SMILES string of the molecule is c1ccc2c(c1)-c1ccccc1C21c2ccccc2-c2c1cc1c3c(cccc23)-c2cccc(-c3ccc4ccc5ccccc5c4c3)c2-1. The van der Waals surface area contributed by atoms with Crippen molar-refractivity contribution in [3.05, 3.63) is 192 Å². The van der Waals surface area contributed by atoms with Crippen LogP contribution in [0.25, 0.3) is 88.0 Å². The van der Waals surface area contributed by atoms with Gasteiger partial charge in [-0.1, -0.05) is 158 Å². The van der Waals surface area contributed by atoms with Crippen LogP contribution < -0.4 is 0 Å². The van der Waals surface area contributed by atoms with Crippen LogP contribution >= 0.6 is 0 Å². The van der Waals surface area contributed by atoms with Crippen LogP contribution in [0.15, 0.2) is 170 Å². The van der Waals surface area contributed by atoms with Gasteiger partial charge < -0.3 is 0 Å². The highest BCUT2D eigenvalue weighted by atomic mass is 14.5. The normalized spacial score (nSPS) is 13.9. The fourth-order valence-corrected chi connectivity index (χ4v) is 9.96. The van der Waals surface area contributed by atoms with Crippen LogP contribution in [-0.2, 0) is 5.41 Å². The summed E-state index contributed by atoms with van der Waals surface area (Å²) >= 11 is 0. The average Bonchev–Trinajstić information content (AvgIpc) is 3.77. The second-order valence-electron chi connectivity index (χ2n) is 13.9. The Bertz CT molecular complexity index is 2890. The molecule has 0 saturated carbocycles. The number of hydrogen-bond acceptors (Lipinski definition) is 0. The molecule has 0 radical (unpaired) electrons. The molecule has 0 heterocycles. The molecule has 12 rings (SSSR count). The zero-order valence-electron chi connectivity index (χ0n) is 26.7. The van der Waals surface area contributed by atoms with Crippen molar-refractivity contribution in [2.24, 2.45) is 0 Å². The van der Waals surface area contributed by atoms with Gasteiger partial charge in [0.2, 0.25) is 0 Å². The Labute approximate surface area is 284 Å². The van der Waals surface area contributed by atoms with Crippen molar-refractivity contribution in [3.63, 3.8) is 0 Å². The Morgan fingerprint density at radius 1 is 0.286 bits per heavy atom. The van der Waals surface area contributed by atoms with Gasteiger partial charge in [-0.25, -0.2) is 0 Å². The van der Waals surface area contributed by atoms with Crippen molar-refractivity contribution in [3.8, 4) is 55.6 Å². The van der Waals surface area contributed by atoms with Crippen LogP contribution in [0.2, 0.25) is 0 Å². The molecule has 0 aliphatic heterocycles. The summed E-state index contributed by atoms with van der Waals surface area (Å²) in [6.45, 7) is 0. The monoisotopic (exact) mass is 616 g/mol. The maximum Gasteiger partial charge on any atom is 0.0725 e. The van der Waals surface area contributed by atoms with Gasteiger partial charge in [0.15, 0.2) is 0 Å². The molecule has 0 nitrogen and oxygen atoms in total. The lowest BCUT2D eigenvalue weighted by molar-refractivity contribution is 0.795. The van der Waals surface area contributed by atoms with E-state index in [1.54, 1.807) is 0 Å². The molecule has 9 aromatic rings. The number of benzene rings is 9. The summed E-state index contributed by atoms with van der Waals surface area (Å²) in [5.41, 5.74) is 18.5. The van der Waals surface area contributed by atoms with Gasteiger partial charge in [-0.05, 0) is 122 Å². The number of rotatable bonds is 1. The van der Waals surface area contributed by atoms with Gasteiger partial charge in [0.25, 0.3) is 0 Å². The fourth-order valence-electron chi connectivity index (χ4n) is 9.96. The van der Waals surface area contributed by atoms with E-state index < -0.39 is 0 Å². The molecule has 0 aromatic heterocycles. The summed E-state index contributed by atoms with van der Waals surface area (Å²) in [7, 11) is 0. The maximum absolute atomic E-state index is 2.59. The molecule has 0 bridgehead atoms. The second kappa shape index (κ2) is 9.01. The third-order valence-electron chi connectivity index (χ3n) is 11.8. The van der Waals surface area contributed by atoms with Crippen molar-refractivity contribution in [2.75, 3.05) is 0 Å². The van der Waals surface area contributed by atoms with E-state index in [1.165, 1.54) is 110 Å². The van der Waals surface area contributed by atoms with E-state index in [1.807, 2.05) is 0 Å². The largest absolute Gasteiger partial charge is 0.0725 e. The smallest absolute Gasteiger partial charge is 0.0619 e. The number of fused-ring (bicyclic) bond motifs is 17. The minimum absolute atomic E-state index is 0.376. The molecule has 224 valence electrons. The van der Waals surface area contributed by atoms with E-state index >= 15 is 0 Å². The summed E-state index contributed by atoms with van der Waals surface area (Å²) in [5.74, 6) is 0. The van der Waals surface area contributed by atoms with Gasteiger partial charge in [-0.15, -0.1) is 0 Å². The fraction of sp³-hybridized carbons (Fsp3) is 0.0204. The molecule has 49 heavy (non-hydrogen) atoms. The lowest BCUT2D eigenvalue weighted by atomic mass is 9.70. The molecular formula is C49H28. The first kappa shape index (κ1) is 25.8. The Hall–Kier alpha value is -6.24. The molecule has 3 aliphatic rings. The zero-order chi connectivity index (χ0) is 31.8. The highest BCUT2D eigenvalue weighted by Crippen LogP contribution is 2.66. The second-order valence-corrected chi connectivity index (χ2v) is 13.9. The Kier molecular flexibility index (Phi) is 4.74. The van der Waals surface area contributed by atoms with Gasteiger partial charge in [-0.3, -0.25) is 0 Å². The zero-order valence-corrected chi connectivity index (χ0v) is 26.7. The summed E-state index contributed by atoms with van der Waals surface area (Å²) in [4.78, 5) is 0. The van der Waals surface area contributed by atoms with E-state index in [0.717, 1.165) is 0 Å². The molecule has 0 N–H and O–H groups in total. The lowest BCUT2D eigenvalue weighted by Crippen LogP contribution is -2.25. The molecule has 3 aliphatic carbocycles. The van der Waals surface area contributed by atoms with Crippen molar-refractivity contribution in [1.29, 1.82) is 0 Å². The van der Waals surface area contributed by atoms with Crippen molar-refractivity contribution in [2.45, 2.75) is 5.41 Å². The van der Waals surface area contributed by atoms with E-state index in [9.17, 15) is 0 Å². The Morgan fingerprint density at radius 3 is 1.63 bits per heavy atom. The summed E-state index contributed by atoms with van der Waals surface area (Å²) in [6, 6.07) is 64.2. The van der Waals surface area contributed by atoms with Crippen molar-refractivity contribution < 1.29 is 0 Å². The highest BCUT2D eigenvalue weighted by molar-refractivity contribution is 6.23. The topological polar surface area (TPSA) is 0 Å². The predicted octanol–water partition coefficient (Wildman–Crippen LogP) is 12.8. The van der Waals surface area contributed by atoms with Crippen LogP contribution in [0.1, 0.15) is 22.3 Å². The van der Waals surface area contributed by atoms with Gasteiger partial charge in [0.1, 0.15) is 0 Å². The predicted molar refractivity (Wildman–Crippen MR) is 205 cm³/mol. The van der Waals surface area contributed by atoms with Crippen LogP contribution in [0.4, 0.5) is 0 Å². The van der Waals surface area contributed by atoms with Gasteiger partial charge in [-0.2, -0.15) is 0 Å². The number of hydrogen-bond donors (Lipinski definition) is 0. The van der Waals surface area contributed by atoms with Crippen molar-refractivity contribution >= 4 is 32.3 Å². The highest BCUT2D eigenvalue weighted by Gasteiger charge is 2.52. The maximum atomic E-state index is 2.59. The summed E-state index contributed by atoms with van der Waals surface area (Å²) in [5, 5.41) is 7.88. The molecule has 1 spiro atoms. The van der Waals surface area contributed by atoms with E-state index in [2.05, 4.69) is 170 Å². The van der Waals surface area contributed by atoms with Crippen molar-refractivity contribution in [1.82, 2.24) is 0 Å². The first-order chi connectivity index (χ1) is 24.3. The van der Waals surface area contributed by atoms with Crippen LogP contribution in [-0.4, -0.2) is 0 Å². The lowest BCUT2D eigenvalue weighted by Gasteiger charge is -2.31.